The molecule has 0 saturated heterocycles. The minimum absolute atomic E-state index is 0. The predicted octanol–water partition coefficient (Wildman–Crippen LogP) is 3.20. The van der Waals surface area contributed by atoms with Crippen molar-refractivity contribution in [2.24, 2.45) is 0 Å². The molecule has 0 unspecified atom stereocenters. The molecule has 0 fully saturated rings. The van der Waals surface area contributed by atoms with Crippen molar-refractivity contribution in [2.45, 2.75) is 57.3 Å². The molecule has 1 aromatic carbocycles. The summed E-state index contributed by atoms with van der Waals surface area (Å²) in [5.41, 5.74) is -1.48. The Labute approximate surface area is 154 Å². The van der Waals surface area contributed by atoms with E-state index >= 15 is 0 Å². The van der Waals surface area contributed by atoms with Gasteiger partial charge >= 0.3 is 41.5 Å². The van der Waals surface area contributed by atoms with Crippen LogP contribution < -0.4 is 0 Å². The molecule has 5 heteroatoms. The summed E-state index contributed by atoms with van der Waals surface area (Å²) >= 11 is 0. The monoisotopic (exact) mass is 316 g/mol. The molecule has 0 heterocycles. The number of carboxylic acid groups (broad SMARTS) is 2. The third kappa shape index (κ3) is 5.41. The van der Waals surface area contributed by atoms with Crippen molar-refractivity contribution in [1.29, 1.82) is 0 Å². The van der Waals surface area contributed by atoms with Gasteiger partial charge in [0.15, 0.2) is 5.41 Å². The van der Waals surface area contributed by atoms with Crippen LogP contribution in [0.1, 0.15) is 57.4 Å². The Morgan fingerprint density at radius 1 is 0.909 bits per heavy atom. The fourth-order valence-electron chi connectivity index (χ4n) is 2.59. The molecule has 0 aliphatic rings. The van der Waals surface area contributed by atoms with Crippen molar-refractivity contribution in [1.82, 2.24) is 0 Å². The molecular weight excluding hydrogens is 291 g/mol. The van der Waals surface area contributed by atoms with Gasteiger partial charge in [-0.1, -0.05) is 75.8 Å². The number of hydrogen-bond donors (Lipinski definition) is 2. The first-order valence-electron chi connectivity index (χ1n) is 7.58. The van der Waals surface area contributed by atoms with E-state index in [1.54, 1.807) is 30.3 Å². The zero-order valence-corrected chi connectivity index (χ0v) is 12.5. The van der Waals surface area contributed by atoms with E-state index in [4.69, 9.17) is 0 Å². The molecule has 0 spiro atoms. The van der Waals surface area contributed by atoms with Gasteiger partial charge in [0.1, 0.15) is 0 Å². The first-order valence-corrected chi connectivity index (χ1v) is 7.58. The van der Waals surface area contributed by atoms with Gasteiger partial charge in [0.25, 0.3) is 0 Å². The normalized spacial score (nSPS) is 10.8. The number of aliphatic carboxylic acids is 2. The van der Waals surface area contributed by atoms with Gasteiger partial charge in [-0.3, -0.25) is 9.59 Å². The van der Waals surface area contributed by atoms with Crippen molar-refractivity contribution >= 4 is 41.5 Å². The Balaban J connectivity index is 0.00000441. The molecule has 1 aromatic rings. The second-order valence-electron chi connectivity index (χ2n) is 5.40. The van der Waals surface area contributed by atoms with Crippen molar-refractivity contribution in [3.8, 4) is 0 Å². The van der Waals surface area contributed by atoms with Crippen LogP contribution in [0.4, 0.5) is 0 Å². The molecule has 0 bridgehead atoms. The third-order valence-electron chi connectivity index (χ3n) is 3.90. The van der Waals surface area contributed by atoms with Crippen LogP contribution in [0.2, 0.25) is 0 Å². The Hall–Kier alpha value is -0.840. The minimum atomic E-state index is -1.83. The van der Waals surface area contributed by atoms with Crippen LogP contribution >= 0.6 is 0 Å². The standard InChI is InChI=1S/C17H24O4.Na.H/c1-2-3-4-5-6-10-13-17(15(18)19,16(20)21)14-11-8-7-9-12-14;;/h7-9,11-12H,2-6,10,13H2,1H3,(H,18,19)(H,20,21);;. The van der Waals surface area contributed by atoms with Gasteiger partial charge in [-0.2, -0.15) is 0 Å². The zero-order chi connectivity index (χ0) is 15.7. The van der Waals surface area contributed by atoms with E-state index in [1.807, 2.05) is 0 Å². The van der Waals surface area contributed by atoms with Crippen LogP contribution in [-0.2, 0) is 15.0 Å². The first-order chi connectivity index (χ1) is 10.1. The molecule has 4 nitrogen and oxygen atoms in total. The Bertz CT molecular complexity index is 445. The van der Waals surface area contributed by atoms with Crippen molar-refractivity contribution in [2.75, 3.05) is 0 Å². The predicted molar refractivity (Wildman–Crippen MR) is 88.5 cm³/mol. The average Bonchev–Trinajstić information content (AvgIpc) is 2.47. The summed E-state index contributed by atoms with van der Waals surface area (Å²) in [6, 6.07) is 8.27. The molecule has 0 aliphatic heterocycles. The molecule has 1 rings (SSSR count). The van der Waals surface area contributed by atoms with E-state index < -0.39 is 17.4 Å². The molecule has 0 saturated carbocycles. The van der Waals surface area contributed by atoms with Crippen LogP contribution in [0.5, 0.6) is 0 Å². The molecule has 2 N–H and O–H groups in total. The maximum absolute atomic E-state index is 11.6. The van der Waals surface area contributed by atoms with Crippen molar-refractivity contribution < 1.29 is 19.8 Å². The summed E-state index contributed by atoms with van der Waals surface area (Å²) in [6.45, 7) is 2.13. The molecule has 0 radical (unpaired) electrons. The van der Waals surface area contributed by atoms with Gasteiger partial charge in [0.05, 0.1) is 0 Å². The van der Waals surface area contributed by atoms with E-state index in [9.17, 15) is 19.8 Å². The second-order valence-corrected chi connectivity index (χ2v) is 5.40. The zero-order valence-electron chi connectivity index (χ0n) is 12.5. The van der Waals surface area contributed by atoms with Gasteiger partial charge in [0.2, 0.25) is 0 Å². The number of carbonyl (C=O) groups is 2. The SMILES string of the molecule is CCCCCCCCC(C(=O)O)(C(=O)O)c1ccccc1.[NaH]. The van der Waals surface area contributed by atoms with Crippen LogP contribution in [0.25, 0.3) is 0 Å². The second kappa shape index (κ2) is 10.8. The molecule has 118 valence electrons. The number of rotatable bonds is 10. The van der Waals surface area contributed by atoms with Crippen LogP contribution in [0.15, 0.2) is 30.3 Å². The molecule has 0 amide bonds. The van der Waals surface area contributed by atoms with E-state index in [0.29, 0.717) is 12.0 Å². The van der Waals surface area contributed by atoms with E-state index in [1.165, 1.54) is 6.42 Å². The fraction of sp³-hybridized carbons (Fsp3) is 0.529. The Morgan fingerprint density at radius 2 is 1.41 bits per heavy atom. The van der Waals surface area contributed by atoms with Gasteiger partial charge in [-0.05, 0) is 12.0 Å². The molecule has 0 aliphatic carbocycles. The third-order valence-corrected chi connectivity index (χ3v) is 3.90. The molecule has 0 atom stereocenters. The topological polar surface area (TPSA) is 74.6 Å². The maximum atomic E-state index is 11.6. The number of carboxylic acids is 2. The van der Waals surface area contributed by atoms with Gasteiger partial charge in [0, 0.05) is 0 Å². The first kappa shape index (κ1) is 21.2. The molecule has 0 aromatic heterocycles. The molecule has 22 heavy (non-hydrogen) atoms. The summed E-state index contributed by atoms with van der Waals surface area (Å²) in [6.07, 6.45) is 6.08. The Kier molecular flexibility index (Phi) is 10.4. The fourth-order valence-corrected chi connectivity index (χ4v) is 2.59. The van der Waals surface area contributed by atoms with Gasteiger partial charge < -0.3 is 10.2 Å². The van der Waals surface area contributed by atoms with Crippen LogP contribution in [0, 0.1) is 0 Å². The quantitative estimate of drug-likeness (QED) is 0.395. The van der Waals surface area contributed by atoms with E-state index in [2.05, 4.69) is 6.92 Å². The average molecular weight is 316 g/mol. The van der Waals surface area contributed by atoms with Gasteiger partial charge in [-0.15, -0.1) is 0 Å². The van der Waals surface area contributed by atoms with E-state index in [0.717, 1.165) is 25.7 Å². The van der Waals surface area contributed by atoms with Gasteiger partial charge in [-0.25, -0.2) is 0 Å². The summed E-state index contributed by atoms with van der Waals surface area (Å²) in [4.78, 5) is 23.3. The van der Waals surface area contributed by atoms with Crippen LogP contribution in [-0.4, -0.2) is 51.7 Å². The summed E-state index contributed by atoms with van der Waals surface area (Å²) in [5.74, 6) is -2.57. The summed E-state index contributed by atoms with van der Waals surface area (Å²) < 4.78 is 0. The summed E-state index contributed by atoms with van der Waals surface area (Å²) in [5, 5.41) is 19.0. The Morgan fingerprint density at radius 3 is 1.91 bits per heavy atom. The molecular formula is C17H25NaO4. The van der Waals surface area contributed by atoms with Crippen LogP contribution in [0.3, 0.4) is 0 Å². The van der Waals surface area contributed by atoms with E-state index in [-0.39, 0.29) is 36.0 Å². The number of benzene rings is 1. The van der Waals surface area contributed by atoms with Crippen molar-refractivity contribution in [3.63, 3.8) is 0 Å². The summed E-state index contributed by atoms with van der Waals surface area (Å²) in [7, 11) is 0. The van der Waals surface area contributed by atoms with Crippen molar-refractivity contribution in [3.05, 3.63) is 35.9 Å². The number of hydrogen-bond acceptors (Lipinski definition) is 2. The number of unbranched alkanes of at least 4 members (excludes halogenated alkanes) is 5.